The zero-order valence-electron chi connectivity index (χ0n) is 28.4. The second kappa shape index (κ2) is 15.7. The molecular weight excluding hydrogens is 667 g/mol. The van der Waals surface area contributed by atoms with Crippen LogP contribution < -0.4 is 15.4 Å². The third kappa shape index (κ3) is 8.09. The lowest BCUT2D eigenvalue weighted by atomic mass is 9.76. The summed E-state index contributed by atoms with van der Waals surface area (Å²) < 4.78 is 42.6. The average Bonchev–Trinajstić information content (AvgIpc) is 3.76. The van der Waals surface area contributed by atoms with E-state index in [0.29, 0.717) is 67.8 Å². The third-order valence-corrected chi connectivity index (χ3v) is 12.9. The SMILES string of the molecule is O=C(O)N[C@H](CF)[C@H]1CC[C@H](C(=O)N2CC[C@@H](C3CCCCC3)[C@H]2C(=O)Nc2ccc3[nH]c(C(=O)NS(=O)(=O)N4CCCCC4)cc3c2)CC1. The molecule has 0 unspecified atom stereocenters. The maximum atomic E-state index is 14.2. The fourth-order valence-electron chi connectivity index (χ4n) is 8.79. The number of amides is 4. The van der Waals surface area contributed by atoms with Crippen LogP contribution in [0.3, 0.4) is 0 Å². The predicted octanol–water partition coefficient (Wildman–Crippen LogP) is 4.78. The molecule has 0 radical (unpaired) electrons. The number of aromatic nitrogens is 1. The fraction of sp³-hybridized carbons (Fsp3) is 0.657. The zero-order chi connectivity index (χ0) is 35.4. The van der Waals surface area contributed by atoms with Gasteiger partial charge in [-0.1, -0.05) is 38.5 Å². The van der Waals surface area contributed by atoms with E-state index in [9.17, 15) is 32.0 Å². The lowest BCUT2D eigenvalue weighted by Crippen LogP contribution is -2.50. The molecule has 5 N–H and O–H groups in total. The van der Waals surface area contributed by atoms with Gasteiger partial charge in [0, 0.05) is 42.1 Å². The minimum absolute atomic E-state index is 0.0272. The van der Waals surface area contributed by atoms with Crippen molar-refractivity contribution < 1.29 is 37.1 Å². The number of piperidine rings is 1. The van der Waals surface area contributed by atoms with Crippen LogP contribution in [0.25, 0.3) is 10.9 Å². The number of fused-ring (bicyclic) bond motifs is 1. The summed E-state index contributed by atoms with van der Waals surface area (Å²) in [5.74, 6) is -1.21. The normalized spacial score (nSPS) is 26.0. The number of nitrogens with one attached hydrogen (secondary N) is 4. The van der Waals surface area contributed by atoms with Gasteiger partial charge in [0.15, 0.2) is 0 Å². The monoisotopic (exact) mass is 716 g/mol. The molecule has 274 valence electrons. The molecule has 6 rings (SSSR count). The van der Waals surface area contributed by atoms with Gasteiger partial charge >= 0.3 is 16.3 Å². The second-order valence-electron chi connectivity index (χ2n) is 14.5. The quantitative estimate of drug-likeness (QED) is 0.235. The molecule has 1 aromatic carbocycles. The summed E-state index contributed by atoms with van der Waals surface area (Å²) in [6, 6.07) is 5.29. The molecule has 2 aliphatic carbocycles. The summed E-state index contributed by atoms with van der Waals surface area (Å²) in [5.41, 5.74) is 1.19. The molecule has 0 bridgehead atoms. The van der Waals surface area contributed by atoms with Crippen molar-refractivity contribution in [2.75, 3.05) is 31.6 Å². The van der Waals surface area contributed by atoms with E-state index >= 15 is 0 Å². The third-order valence-electron chi connectivity index (χ3n) is 11.4. The topological polar surface area (TPSA) is 181 Å². The lowest BCUT2D eigenvalue weighted by molar-refractivity contribution is -0.142. The van der Waals surface area contributed by atoms with Crippen molar-refractivity contribution in [3.8, 4) is 0 Å². The van der Waals surface area contributed by atoms with Crippen LogP contribution in [0, 0.1) is 23.7 Å². The predicted molar refractivity (Wildman–Crippen MR) is 185 cm³/mol. The summed E-state index contributed by atoms with van der Waals surface area (Å²) in [4.78, 5) is 57.0. The van der Waals surface area contributed by atoms with Crippen LogP contribution in [-0.2, 0) is 19.8 Å². The van der Waals surface area contributed by atoms with Gasteiger partial charge in [0.25, 0.3) is 5.91 Å². The summed E-state index contributed by atoms with van der Waals surface area (Å²) in [5, 5.41) is 15.0. The van der Waals surface area contributed by atoms with E-state index in [-0.39, 0.29) is 35.3 Å². The Hall–Kier alpha value is -3.72. The van der Waals surface area contributed by atoms with Crippen molar-refractivity contribution in [1.29, 1.82) is 0 Å². The molecule has 4 fully saturated rings. The molecular formula is C35H49FN6O7S. The summed E-state index contributed by atoms with van der Waals surface area (Å²) >= 11 is 0. The van der Waals surface area contributed by atoms with Crippen LogP contribution >= 0.6 is 0 Å². The minimum Gasteiger partial charge on any atom is -0.465 e. The molecule has 2 saturated heterocycles. The van der Waals surface area contributed by atoms with Gasteiger partial charge in [-0.15, -0.1) is 0 Å². The van der Waals surface area contributed by atoms with E-state index in [1.165, 1.54) is 10.7 Å². The van der Waals surface area contributed by atoms with Gasteiger partial charge in [-0.25, -0.2) is 13.9 Å². The smallest absolute Gasteiger partial charge is 0.404 e. The molecule has 2 aromatic rings. The van der Waals surface area contributed by atoms with E-state index in [2.05, 4.69) is 20.3 Å². The van der Waals surface area contributed by atoms with Crippen molar-refractivity contribution in [3.63, 3.8) is 0 Å². The van der Waals surface area contributed by atoms with E-state index in [1.54, 1.807) is 29.2 Å². The van der Waals surface area contributed by atoms with Crippen LogP contribution in [0.4, 0.5) is 14.9 Å². The van der Waals surface area contributed by atoms with Gasteiger partial charge in [-0.2, -0.15) is 12.7 Å². The number of H-pyrrole nitrogens is 1. The first-order valence-electron chi connectivity index (χ1n) is 18.2. The van der Waals surface area contributed by atoms with Crippen molar-refractivity contribution >= 4 is 50.6 Å². The molecule has 2 saturated carbocycles. The first-order chi connectivity index (χ1) is 24.0. The summed E-state index contributed by atoms with van der Waals surface area (Å²) in [6.07, 6.45) is 9.46. The highest BCUT2D eigenvalue weighted by molar-refractivity contribution is 7.87. The van der Waals surface area contributed by atoms with Crippen LogP contribution in [-0.4, -0.2) is 89.9 Å². The maximum Gasteiger partial charge on any atom is 0.404 e. The highest BCUT2D eigenvalue weighted by Gasteiger charge is 2.47. The number of halogens is 1. The van der Waals surface area contributed by atoms with Crippen molar-refractivity contribution in [3.05, 3.63) is 30.0 Å². The first-order valence-corrected chi connectivity index (χ1v) is 19.6. The Morgan fingerprint density at radius 3 is 2.28 bits per heavy atom. The standard InChI is InChI=1S/C35H49FN6O7S/c36-21-30(39-35(46)47)23-9-11-24(12-10-23)34(45)42-18-15-27(22-7-3-1-4-8-22)31(42)33(44)37-26-13-14-28-25(19-26)20-29(38-28)32(43)40-50(48,49)41-16-5-2-6-17-41/h13-14,19-20,22-24,27,30-31,38-39H,1-12,15-18,21H2,(H,37,44)(H,40,43)(H,46,47)/t23-,24-,27-,30+,31-/m0/s1. The Labute approximate surface area is 292 Å². The van der Waals surface area contributed by atoms with Gasteiger partial charge in [0.05, 0.1) is 6.04 Å². The molecule has 1 aromatic heterocycles. The van der Waals surface area contributed by atoms with E-state index < -0.39 is 41.0 Å². The van der Waals surface area contributed by atoms with E-state index in [0.717, 1.165) is 51.4 Å². The number of aromatic amines is 1. The molecule has 4 aliphatic rings. The number of benzene rings is 1. The Kier molecular flexibility index (Phi) is 11.3. The van der Waals surface area contributed by atoms with Crippen LogP contribution in [0.15, 0.2) is 24.3 Å². The Bertz CT molecular complexity index is 1660. The number of anilines is 1. The highest BCUT2D eigenvalue weighted by atomic mass is 32.2. The van der Waals surface area contributed by atoms with Gasteiger partial charge in [0.2, 0.25) is 11.8 Å². The Balaban J connectivity index is 1.15. The second-order valence-corrected chi connectivity index (χ2v) is 16.2. The Morgan fingerprint density at radius 2 is 1.60 bits per heavy atom. The minimum atomic E-state index is -3.96. The number of rotatable bonds is 10. The van der Waals surface area contributed by atoms with E-state index in [4.69, 9.17) is 5.11 Å². The largest absolute Gasteiger partial charge is 0.465 e. The molecule has 0 spiro atoms. The number of hydrogen-bond donors (Lipinski definition) is 5. The van der Waals surface area contributed by atoms with Crippen molar-refractivity contribution in [2.45, 2.75) is 95.6 Å². The number of nitrogens with zero attached hydrogens (tertiary/aromatic N) is 2. The van der Waals surface area contributed by atoms with Crippen LogP contribution in [0.1, 0.15) is 94.0 Å². The Morgan fingerprint density at radius 1 is 0.900 bits per heavy atom. The molecule has 13 nitrogen and oxygen atoms in total. The fourth-order valence-corrected chi connectivity index (χ4v) is 10.0. The number of hydrogen-bond acceptors (Lipinski definition) is 6. The number of carbonyl (C=O) groups is 4. The van der Waals surface area contributed by atoms with Gasteiger partial charge < -0.3 is 25.6 Å². The highest BCUT2D eigenvalue weighted by Crippen LogP contribution is 2.41. The van der Waals surface area contributed by atoms with Crippen LogP contribution in [0.5, 0.6) is 0 Å². The number of alkyl halides is 1. The molecule has 15 heteroatoms. The van der Waals surface area contributed by atoms with Gasteiger partial charge in [0.1, 0.15) is 18.4 Å². The van der Waals surface area contributed by atoms with E-state index in [1.807, 2.05) is 0 Å². The molecule has 50 heavy (non-hydrogen) atoms. The summed E-state index contributed by atoms with van der Waals surface area (Å²) in [7, 11) is -3.96. The number of carboxylic acid groups (broad SMARTS) is 1. The van der Waals surface area contributed by atoms with Crippen molar-refractivity contribution in [2.24, 2.45) is 23.7 Å². The van der Waals surface area contributed by atoms with Crippen molar-refractivity contribution in [1.82, 2.24) is 24.2 Å². The zero-order valence-corrected chi connectivity index (χ0v) is 29.2. The first kappa shape index (κ1) is 36.1. The summed E-state index contributed by atoms with van der Waals surface area (Å²) in [6.45, 7) is 0.439. The van der Waals surface area contributed by atoms with Crippen LogP contribution in [0.2, 0.25) is 0 Å². The molecule has 2 aliphatic heterocycles. The number of likely N-dealkylation sites (tertiary alicyclic amines) is 1. The van der Waals surface area contributed by atoms with Gasteiger partial charge in [-0.05, 0) is 87.0 Å². The number of carbonyl (C=O) groups excluding carboxylic acids is 3. The molecule has 4 amide bonds. The lowest BCUT2D eigenvalue weighted by Gasteiger charge is -2.37. The molecule has 3 heterocycles. The average molecular weight is 717 g/mol. The van der Waals surface area contributed by atoms with Gasteiger partial charge in [-0.3, -0.25) is 14.4 Å². The maximum absolute atomic E-state index is 14.2. The molecule has 3 atom stereocenters.